The van der Waals surface area contributed by atoms with Crippen LogP contribution in [0.2, 0.25) is 0 Å². The molecule has 1 aliphatic heterocycles. The summed E-state index contributed by atoms with van der Waals surface area (Å²) in [5.74, 6) is 0.686. The summed E-state index contributed by atoms with van der Waals surface area (Å²) < 4.78 is 0. The Bertz CT molecular complexity index is 339. The Morgan fingerprint density at radius 1 is 1.69 bits per heavy atom. The van der Waals surface area contributed by atoms with Crippen LogP contribution in [0.25, 0.3) is 0 Å². The Morgan fingerprint density at radius 2 is 2.56 bits per heavy atom. The molecule has 2 heterocycles. The van der Waals surface area contributed by atoms with E-state index in [4.69, 9.17) is 5.73 Å². The molecule has 0 spiro atoms. The lowest BCUT2D eigenvalue weighted by molar-refractivity contribution is 0.0889. The first kappa shape index (κ1) is 11.7. The molecule has 0 bridgehead atoms. The molecule has 1 atom stereocenters. The number of hydrogen-bond donors (Lipinski definition) is 1. The van der Waals surface area contributed by atoms with E-state index in [9.17, 15) is 4.79 Å². The van der Waals surface area contributed by atoms with E-state index in [-0.39, 0.29) is 5.78 Å². The molecular formula is C11H17N3OS. The SMILES string of the molecule is NC[C@@H]1CCCN(CC(=O)c2nccs2)C1. The zero-order valence-corrected chi connectivity index (χ0v) is 10.1. The van der Waals surface area contributed by atoms with E-state index in [0.29, 0.717) is 17.5 Å². The summed E-state index contributed by atoms with van der Waals surface area (Å²) in [5.41, 5.74) is 5.67. The summed E-state index contributed by atoms with van der Waals surface area (Å²) in [7, 11) is 0. The summed E-state index contributed by atoms with van der Waals surface area (Å²) in [6.45, 7) is 3.17. The number of thiazole rings is 1. The maximum atomic E-state index is 11.8. The maximum absolute atomic E-state index is 11.8. The van der Waals surface area contributed by atoms with Gasteiger partial charge in [-0.25, -0.2) is 4.98 Å². The van der Waals surface area contributed by atoms with Crippen molar-refractivity contribution in [2.45, 2.75) is 12.8 Å². The zero-order chi connectivity index (χ0) is 11.4. The molecule has 16 heavy (non-hydrogen) atoms. The monoisotopic (exact) mass is 239 g/mol. The van der Waals surface area contributed by atoms with Crippen molar-refractivity contribution in [1.82, 2.24) is 9.88 Å². The van der Waals surface area contributed by atoms with Gasteiger partial charge < -0.3 is 5.73 Å². The normalized spacial score (nSPS) is 22.2. The minimum absolute atomic E-state index is 0.132. The second kappa shape index (κ2) is 5.52. The van der Waals surface area contributed by atoms with Crippen molar-refractivity contribution in [1.29, 1.82) is 0 Å². The number of likely N-dealkylation sites (tertiary alicyclic amines) is 1. The van der Waals surface area contributed by atoms with Gasteiger partial charge in [0, 0.05) is 18.1 Å². The highest BCUT2D eigenvalue weighted by atomic mass is 32.1. The number of Topliss-reactive ketones (excluding diaryl/α,β-unsaturated/α-hetero) is 1. The first-order valence-corrected chi connectivity index (χ1v) is 6.52. The van der Waals surface area contributed by atoms with E-state index < -0.39 is 0 Å². The van der Waals surface area contributed by atoms with Crippen molar-refractivity contribution in [3.8, 4) is 0 Å². The van der Waals surface area contributed by atoms with E-state index in [1.165, 1.54) is 17.8 Å². The standard InChI is InChI=1S/C11H17N3OS/c12-6-9-2-1-4-14(7-9)8-10(15)11-13-3-5-16-11/h3,5,9H,1-2,4,6-8,12H2/t9-/m0/s1. The third-order valence-electron chi connectivity index (χ3n) is 2.97. The number of nitrogens with zero attached hydrogens (tertiary/aromatic N) is 2. The summed E-state index contributed by atoms with van der Waals surface area (Å²) in [4.78, 5) is 18.1. The Morgan fingerprint density at radius 3 is 3.25 bits per heavy atom. The van der Waals surface area contributed by atoms with Crippen LogP contribution in [0.3, 0.4) is 0 Å². The fourth-order valence-electron chi connectivity index (χ4n) is 2.12. The largest absolute Gasteiger partial charge is 0.330 e. The van der Waals surface area contributed by atoms with Crippen molar-refractivity contribution >= 4 is 17.1 Å². The lowest BCUT2D eigenvalue weighted by Gasteiger charge is -2.31. The predicted octanol–water partition coefficient (Wildman–Crippen LogP) is 0.996. The zero-order valence-electron chi connectivity index (χ0n) is 9.26. The van der Waals surface area contributed by atoms with Gasteiger partial charge in [-0.3, -0.25) is 9.69 Å². The van der Waals surface area contributed by atoms with Crippen molar-refractivity contribution in [3.63, 3.8) is 0 Å². The smallest absolute Gasteiger partial charge is 0.205 e. The van der Waals surface area contributed by atoms with Gasteiger partial charge in [0.05, 0.1) is 6.54 Å². The van der Waals surface area contributed by atoms with E-state index in [0.717, 1.165) is 26.1 Å². The Balaban J connectivity index is 1.87. The summed E-state index contributed by atoms with van der Waals surface area (Å²) in [6.07, 6.45) is 4.02. The van der Waals surface area contributed by atoms with E-state index in [2.05, 4.69) is 9.88 Å². The topological polar surface area (TPSA) is 59.2 Å². The third-order valence-corrected chi connectivity index (χ3v) is 3.79. The number of carbonyl (C=O) groups excluding carboxylic acids is 1. The molecule has 1 aliphatic rings. The van der Waals surface area contributed by atoms with Gasteiger partial charge in [0.1, 0.15) is 0 Å². The van der Waals surface area contributed by atoms with Crippen LogP contribution in [0.4, 0.5) is 0 Å². The van der Waals surface area contributed by atoms with Crippen LogP contribution in [0, 0.1) is 5.92 Å². The molecule has 2 rings (SSSR count). The van der Waals surface area contributed by atoms with Crippen molar-refractivity contribution in [2.75, 3.05) is 26.2 Å². The van der Waals surface area contributed by atoms with Crippen LogP contribution in [0.1, 0.15) is 22.6 Å². The van der Waals surface area contributed by atoms with Crippen molar-refractivity contribution < 1.29 is 4.79 Å². The number of piperidine rings is 1. The van der Waals surface area contributed by atoms with Crippen LogP contribution < -0.4 is 5.73 Å². The molecule has 1 fully saturated rings. The quantitative estimate of drug-likeness (QED) is 0.796. The maximum Gasteiger partial charge on any atom is 0.205 e. The third kappa shape index (κ3) is 2.87. The molecular weight excluding hydrogens is 222 g/mol. The van der Waals surface area contributed by atoms with Gasteiger partial charge in [-0.05, 0) is 31.8 Å². The van der Waals surface area contributed by atoms with Crippen LogP contribution in [0.15, 0.2) is 11.6 Å². The lowest BCUT2D eigenvalue weighted by atomic mass is 9.98. The van der Waals surface area contributed by atoms with Crippen LogP contribution in [-0.2, 0) is 0 Å². The first-order valence-electron chi connectivity index (χ1n) is 5.64. The summed E-state index contributed by atoms with van der Waals surface area (Å²) in [6, 6.07) is 0. The fraction of sp³-hybridized carbons (Fsp3) is 0.636. The Labute approximate surface area is 99.5 Å². The van der Waals surface area contributed by atoms with Gasteiger partial charge in [0.2, 0.25) is 5.78 Å². The second-order valence-electron chi connectivity index (χ2n) is 4.24. The molecule has 1 aromatic rings. The number of carbonyl (C=O) groups is 1. The highest BCUT2D eigenvalue weighted by Gasteiger charge is 2.21. The molecule has 0 radical (unpaired) electrons. The molecule has 0 saturated carbocycles. The molecule has 1 saturated heterocycles. The van der Waals surface area contributed by atoms with E-state index >= 15 is 0 Å². The minimum atomic E-state index is 0.132. The van der Waals surface area contributed by atoms with Crippen molar-refractivity contribution in [2.24, 2.45) is 11.7 Å². The predicted molar refractivity (Wildman–Crippen MR) is 64.7 cm³/mol. The molecule has 0 aromatic carbocycles. The number of aromatic nitrogens is 1. The Kier molecular flexibility index (Phi) is 4.04. The van der Waals surface area contributed by atoms with Crippen LogP contribution in [0.5, 0.6) is 0 Å². The average Bonchev–Trinajstić information content (AvgIpc) is 2.83. The number of ketones is 1. The molecule has 0 amide bonds. The number of nitrogens with two attached hydrogens (primary N) is 1. The average molecular weight is 239 g/mol. The first-order chi connectivity index (χ1) is 7.79. The van der Waals surface area contributed by atoms with E-state index in [1.807, 2.05) is 5.38 Å². The summed E-state index contributed by atoms with van der Waals surface area (Å²) in [5, 5.41) is 2.46. The molecule has 5 heteroatoms. The number of rotatable bonds is 4. The van der Waals surface area contributed by atoms with Crippen LogP contribution >= 0.6 is 11.3 Å². The molecule has 1 aromatic heterocycles. The van der Waals surface area contributed by atoms with Gasteiger partial charge in [-0.15, -0.1) is 11.3 Å². The van der Waals surface area contributed by atoms with Gasteiger partial charge in [0.25, 0.3) is 0 Å². The van der Waals surface area contributed by atoms with Crippen LogP contribution in [-0.4, -0.2) is 41.8 Å². The molecule has 88 valence electrons. The molecule has 0 aliphatic carbocycles. The van der Waals surface area contributed by atoms with Gasteiger partial charge in [-0.2, -0.15) is 0 Å². The summed E-state index contributed by atoms with van der Waals surface area (Å²) >= 11 is 1.41. The molecule has 0 unspecified atom stereocenters. The molecule has 2 N–H and O–H groups in total. The second-order valence-corrected chi connectivity index (χ2v) is 5.13. The fourth-order valence-corrected chi connectivity index (χ4v) is 2.69. The highest BCUT2D eigenvalue weighted by Crippen LogP contribution is 2.16. The van der Waals surface area contributed by atoms with Gasteiger partial charge in [-0.1, -0.05) is 0 Å². The van der Waals surface area contributed by atoms with Crippen molar-refractivity contribution in [3.05, 3.63) is 16.6 Å². The minimum Gasteiger partial charge on any atom is -0.330 e. The molecule has 4 nitrogen and oxygen atoms in total. The highest BCUT2D eigenvalue weighted by molar-refractivity contribution is 7.11. The van der Waals surface area contributed by atoms with Gasteiger partial charge >= 0.3 is 0 Å². The Hall–Kier alpha value is -0.780. The van der Waals surface area contributed by atoms with E-state index in [1.54, 1.807) is 6.20 Å². The van der Waals surface area contributed by atoms with Gasteiger partial charge in [0.15, 0.2) is 5.01 Å². The number of hydrogen-bond acceptors (Lipinski definition) is 5. The lowest BCUT2D eigenvalue weighted by Crippen LogP contribution is -2.41.